The molecule has 0 spiro atoms. The van der Waals surface area contributed by atoms with Gasteiger partial charge in [0.15, 0.2) is 0 Å². The van der Waals surface area contributed by atoms with Crippen LogP contribution in [-0.4, -0.2) is 33.7 Å². The summed E-state index contributed by atoms with van der Waals surface area (Å²) < 4.78 is 2.09. The second-order valence-corrected chi connectivity index (χ2v) is 6.79. The zero-order valence-electron chi connectivity index (χ0n) is 13.6. The average Bonchev–Trinajstić information content (AvgIpc) is 2.86. The molecule has 2 heterocycles. The lowest BCUT2D eigenvalue weighted by Crippen LogP contribution is -2.39. The number of aryl methyl sites for hydroxylation is 2. The van der Waals surface area contributed by atoms with E-state index in [9.17, 15) is 4.79 Å². The van der Waals surface area contributed by atoms with Crippen LogP contribution in [0.2, 0.25) is 5.02 Å². The van der Waals surface area contributed by atoms with Gasteiger partial charge in [0, 0.05) is 35.9 Å². The summed E-state index contributed by atoms with van der Waals surface area (Å²) in [5.74, 6) is 0.688. The van der Waals surface area contributed by atoms with Crippen LogP contribution in [-0.2, 0) is 6.54 Å². The van der Waals surface area contributed by atoms with E-state index in [2.05, 4.69) is 22.8 Å². The molecule has 4 nitrogen and oxygen atoms in total. The molecule has 122 valence electrons. The Kier molecular flexibility index (Phi) is 4.71. The van der Waals surface area contributed by atoms with Gasteiger partial charge in [0.25, 0.3) is 5.91 Å². The van der Waals surface area contributed by atoms with E-state index < -0.39 is 0 Å². The lowest BCUT2D eigenvalue weighted by molar-refractivity contribution is 0.0681. The first-order valence-electron chi connectivity index (χ1n) is 8.09. The van der Waals surface area contributed by atoms with Gasteiger partial charge in [-0.25, -0.2) is 0 Å². The van der Waals surface area contributed by atoms with Crippen molar-refractivity contribution in [3.63, 3.8) is 0 Å². The molecule has 1 aromatic heterocycles. The smallest absolute Gasteiger partial charge is 0.253 e. The molecule has 0 radical (unpaired) electrons. The second kappa shape index (κ2) is 6.75. The van der Waals surface area contributed by atoms with Crippen LogP contribution in [0.1, 0.15) is 34.6 Å². The van der Waals surface area contributed by atoms with E-state index in [-0.39, 0.29) is 5.91 Å². The van der Waals surface area contributed by atoms with E-state index >= 15 is 0 Å². The van der Waals surface area contributed by atoms with Crippen LogP contribution >= 0.6 is 11.6 Å². The van der Waals surface area contributed by atoms with Crippen LogP contribution in [0.4, 0.5) is 0 Å². The van der Waals surface area contributed by atoms with E-state index in [1.807, 2.05) is 11.8 Å². The Bertz CT molecular complexity index is 685. The van der Waals surface area contributed by atoms with Crippen LogP contribution < -0.4 is 0 Å². The molecule has 1 saturated heterocycles. The number of hydrogen-bond acceptors (Lipinski definition) is 2. The molecule has 3 rings (SSSR count). The maximum absolute atomic E-state index is 12.5. The summed E-state index contributed by atoms with van der Waals surface area (Å²) in [5.41, 5.74) is 2.99. The fraction of sp³-hybridized carbons (Fsp3) is 0.444. The van der Waals surface area contributed by atoms with Gasteiger partial charge in [-0.1, -0.05) is 11.6 Å². The maximum atomic E-state index is 12.5. The molecule has 0 N–H and O–H groups in total. The number of carbonyl (C=O) groups is 1. The van der Waals surface area contributed by atoms with Gasteiger partial charge in [-0.2, -0.15) is 5.10 Å². The summed E-state index contributed by atoms with van der Waals surface area (Å²) in [6, 6.07) is 9.24. The summed E-state index contributed by atoms with van der Waals surface area (Å²) in [6.45, 7) is 6.69. The molecule has 1 aromatic carbocycles. The fourth-order valence-electron chi connectivity index (χ4n) is 3.20. The number of likely N-dealkylation sites (tertiary alicyclic amines) is 1. The number of amides is 1. The van der Waals surface area contributed by atoms with Crippen molar-refractivity contribution in [1.82, 2.24) is 14.7 Å². The third-order valence-corrected chi connectivity index (χ3v) is 4.78. The van der Waals surface area contributed by atoms with Gasteiger partial charge in [-0.15, -0.1) is 0 Å². The molecule has 0 saturated carbocycles. The highest BCUT2D eigenvalue weighted by molar-refractivity contribution is 6.30. The van der Waals surface area contributed by atoms with Crippen molar-refractivity contribution in [2.24, 2.45) is 5.92 Å². The quantitative estimate of drug-likeness (QED) is 0.860. The Morgan fingerprint density at radius 3 is 2.43 bits per heavy atom. The van der Waals surface area contributed by atoms with Gasteiger partial charge in [-0.05, 0) is 62.9 Å². The highest BCUT2D eigenvalue weighted by Gasteiger charge is 2.24. The van der Waals surface area contributed by atoms with Gasteiger partial charge in [0.05, 0.1) is 5.69 Å². The predicted molar refractivity (Wildman–Crippen MR) is 91.8 cm³/mol. The van der Waals surface area contributed by atoms with Gasteiger partial charge >= 0.3 is 0 Å². The number of rotatable bonds is 3. The van der Waals surface area contributed by atoms with Crippen LogP contribution in [0.25, 0.3) is 0 Å². The second-order valence-electron chi connectivity index (χ2n) is 6.35. The molecule has 2 aromatic rings. The number of hydrogen-bond donors (Lipinski definition) is 0. The summed E-state index contributed by atoms with van der Waals surface area (Å²) in [4.78, 5) is 14.4. The van der Waals surface area contributed by atoms with Crippen molar-refractivity contribution >= 4 is 17.5 Å². The summed E-state index contributed by atoms with van der Waals surface area (Å²) in [6.07, 6.45) is 2.05. The van der Waals surface area contributed by atoms with E-state index in [0.717, 1.165) is 38.2 Å². The molecule has 0 atom stereocenters. The highest BCUT2D eigenvalue weighted by Crippen LogP contribution is 2.22. The van der Waals surface area contributed by atoms with Crippen molar-refractivity contribution in [2.45, 2.75) is 33.2 Å². The largest absolute Gasteiger partial charge is 0.339 e. The van der Waals surface area contributed by atoms with E-state index in [1.54, 1.807) is 24.3 Å². The van der Waals surface area contributed by atoms with Gasteiger partial charge in [0.2, 0.25) is 0 Å². The third-order valence-electron chi connectivity index (χ3n) is 4.53. The van der Waals surface area contributed by atoms with Crippen LogP contribution in [0.3, 0.4) is 0 Å². The van der Waals surface area contributed by atoms with Gasteiger partial charge in [-0.3, -0.25) is 9.48 Å². The molecule has 1 aliphatic rings. The van der Waals surface area contributed by atoms with Crippen LogP contribution in [0.5, 0.6) is 0 Å². The summed E-state index contributed by atoms with van der Waals surface area (Å²) in [5, 5.41) is 5.20. The first-order chi connectivity index (χ1) is 11.0. The van der Waals surface area contributed by atoms with Crippen molar-refractivity contribution in [3.8, 4) is 0 Å². The van der Waals surface area contributed by atoms with E-state index in [1.165, 1.54) is 5.69 Å². The van der Waals surface area contributed by atoms with Crippen molar-refractivity contribution in [2.75, 3.05) is 13.1 Å². The van der Waals surface area contributed by atoms with Crippen LogP contribution in [0.15, 0.2) is 30.3 Å². The topological polar surface area (TPSA) is 38.1 Å². The average molecular weight is 332 g/mol. The molecule has 23 heavy (non-hydrogen) atoms. The minimum absolute atomic E-state index is 0.103. The van der Waals surface area contributed by atoms with Crippen molar-refractivity contribution in [1.29, 1.82) is 0 Å². The maximum Gasteiger partial charge on any atom is 0.253 e. The predicted octanol–water partition coefficient (Wildman–Crippen LogP) is 3.71. The molecule has 1 amide bonds. The number of aromatic nitrogens is 2. The molecule has 1 fully saturated rings. The Morgan fingerprint density at radius 2 is 1.87 bits per heavy atom. The molecule has 0 bridgehead atoms. The molecule has 0 aliphatic carbocycles. The first kappa shape index (κ1) is 16.1. The van der Waals surface area contributed by atoms with E-state index in [4.69, 9.17) is 11.6 Å². The molecule has 0 unspecified atom stereocenters. The first-order valence-corrected chi connectivity index (χ1v) is 8.46. The molecular weight excluding hydrogens is 310 g/mol. The Morgan fingerprint density at radius 1 is 1.22 bits per heavy atom. The van der Waals surface area contributed by atoms with Crippen LogP contribution in [0, 0.1) is 19.8 Å². The standard InChI is InChI=1S/C18H22ClN3O/c1-13-11-14(2)22(20-13)12-15-7-9-21(10-8-15)18(23)16-3-5-17(19)6-4-16/h3-6,11,15H,7-10,12H2,1-2H3. The fourth-order valence-corrected chi connectivity index (χ4v) is 3.32. The highest BCUT2D eigenvalue weighted by atomic mass is 35.5. The van der Waals surface area contributed by atoms with Gasteiger partial charge in [0.1, 0.15) is 0 Å². The number of carbonyl (C=O) groups excluding carboxylic acids is 1. The third kappa shape index (κ3) is 3.75. The summed E-state index contributed by atoms with van der Waals surface area (Å²) in [7, 11) is 0. The Hall–Kier alpha value is -1.81. The summed E-state index contributed by atoms with van der Waals surface area (Å²) >= 11 is 5.88. The molecule has 5 heteroatoms. The Balaban J connectivity index is 1.56. The zero-order chi connectivity index (χ0) is 16.4. The monoisotopic (exact) mass is 331 g/mol. The zero-order valence-corrected chi connectivity index (χ0v) is 14.4. The van der Waals surface area contributed by atoms with Crippen molar-refractivity contribution < 1.29 is 4.79 Å². The molecule has 1 aliphatic heterocycles. The lowest BCUT2D eigenvalue weighted by Gasteiger charge is -2.32. The number of benzene rings is 1. The minimum atomic E-state index is 0.103. The molecular formula is C18H22ClN3O. The SMILES string of the molecule is Cc1cc(C)n(CC2CCN(C(=O)c3ccc(Cl)cc3)CC2)n1. The Labute approximate surface area is 142 Å². The number of piperidine rings is 1. The van der Waals surface area contributed by atoms with Crippen molar-refractivity contribution in [3.05, 3.63) is 52.3 Å². The number of nitrogens with zero attached hydrogens (tertiary/aromatic N) is 3. The van der Waals surface area contributed by atoms with E-state index in [0.29, 0.717) is 16.5 Å². The normalized spacial score (nSPS) is 15.9. The minimum Gasteiger partial charge on any atom is -0.339 e. The number of halogens is 1. The lowest BCUT2D eigenvalue weighted by atomic mass is 9.96. The van der Waals surface area contributed by atoms with Gasteiger partial charge < -0.3 is 4.90 Å².